The van der Waals surface area contributed by atoms with Gasteiger partial charge in [0, 0.05) is 23.7 Å². The zero-order valence-corrected chi connectivity index (χ0v) is 13.9. The molecular formula is C16H21N3O2S. The lowest BCUT2D eigenvalue weighted by Gasteiger charge is -2.22. The molecule has 0 aliphatic heterocycles. The molecule has 118 valence electrons. The number of amides is 1. The minimum absolute atomic E-state index is 0.0168. The third-order valence-electron chi connectivity index (χ3n) is 3.53. The maximum absolute atomic E-state index is 12.1. The van der Waals surface area contributed by atoms with E-state index in [1.165, 1.54) is 0 Å². The molecule has 0 spiro atoms. The summed E-state index contributed by atoms with van der Waals surface area (Å²) in [6.07, 6.45) is 1.78. The highest BCUT2D eigenvalue weighted by molar-refractivity contribution is 7.09. The summed E-state index contributed by atoms with van der Waals surface area (Å²) >= 11 is 1.60. The molecule has 0 fully saturated rings. The van der Waals surface area contributed by atoms with Gasteiger partial charge in [0.1, 0.15) is 10.8 Å². The number of hydrogen-bond acceptors (Lipinski definition) is 5. The largest absolute Gasteiger partial charge is 0.496 e. The van der Waals surface area contributed by atoms with Gasteiger partial charge in [-0.3, -0.25) is 9.69 Å². The second-order valence-corrected chi connectivity index (χ2v) is 5.98. The Morgan fingerprint density at radius 2 is 2.23 bits per heavy atom. The monoisotopic (exact) mass is 319 g/mol. The molecule has 1 aromatic heterocycles. The lowest BCUT2D eigenvalue weighted by atomic mass is 10.2. The van der Waals surface area contributed by atoms with Crippen LogP contribution >= 0.6 is 11.3 Å². The number of para-hydroxylation sites is 1. The van der Waals surface area contributed by atoms with Crippen LogP contribution in [-0.2, 0) is 11.3 Å². The highest BCUT2D eigenvalue weighted by atomic mass is 32.1. The number of carbonyl (C=O) groups excluding carboxylic acids is 1. The molecule has 2 aromatic rings. The van der Waals surface area contributed by atoms with Crippen molar-refractivity contribution in [3.8, 4) is 5.75 Å². The van der Waals surface area contributed by atoms with E-state index in [-0.39, 0.29) is 11.9 Å². The van der Waals surface area contributed by atoms with Crippen molar-refractivity contribution in [2.24, 2.45) is 0 Å². The fourth-order valence-corrected chi connectivity index (χ4v) is 2.85. The van der Waals surface area contributed by atoms with Crippen LogP contribution in [0.1, 0.15) is 23.5 Å². The second-order valence-electron chi connectivity index (χ2n) is 5.05. The van der Waals surface area contributed by atoms with E-state index in [0.717, 1.165) is 16.3 Å². The number of benzene rings is 1. The standard InChI is InChI=1S/C16H21N3O2S/c1-12(16-17-8-9-22-16)19(2)11-15(20)18-10-13-6-4-5-7-14(13)21-3/h4-9,12H,10-11H2,1-3H3,(H,18,20)/t12-/m1/s1. The Hall–Kier alpha value is -1.92. The van der Waals surface area contributed by atoms with Gasteiger partial charge in [-0.1, -0.05) is 18.2 Å². The first-order chi connectivity index (χ1) is 10.6. The van der Waals surface area contributed by atoms with Gasteiger partial charge in [-0.15, -0.1) is 11.3 Å². The van der Waals surface area contributed by atoms with E-state index in [9.17, 15) is 4.79 Å². The third-order valence-corrected chi connectivity index (χ3v) is 4.48. The predicted molar refractivity (Wildman–Crippen MR) is 88.0 cm³/mol. The number of thiazole rings is 1. The minimum Gasteiger partial charge on any atom is -0.496 e. The number of likely N-dealkylation sites (N-methyl/N-ethyl adjacent to an activating group) is 1. The van der Waals surface area contributed by atoms with Crippen LogP contribution in [0.3, 0.4) is 0 Å². The molecule has 0 saturated carbocycles. The quantitative estimate of drug-likeness (QED) is 0.852. The van der Waals surface area contributed by atoms with Crippen molar-refractivity contribution in [1.29, 1.82) is 0 Å². The van der Waals surface area contributed by atoms with E-state index in [1.807, 2.05) is 48.5 Å². The third kappa shape index (κ3) is 4.29. The van der Waals surface area contributed by atoms with Gasteiger partial charge >= 0.3 is 0 Å². The van der Waals surface area contributed by atoms with E-state index in [0.29, 0.717) is 13.1 Å². The van der Waals surface area contributed by atoms with Gasteiger partial charge in [0.2, 0.25) is 5.91 Å². The molecule has 0 bridgehead atoms. The summed E-state index contributed by atoms with van der Waals surface area (Å²) in [7, 11) is 3.55. The summed E-state index contributed by atoms with van der Waals surface area (Å²) in [5.41, 5.74) is 0.967. The van der Waals surface area contributed by atoms with Crippen LogP contribution < -0.4 is 10.1 Å². The van der Waals surface area contributed by atoms with Crippen LogP contribution in [-0.4, -0.2) is 36.5 Å². The fourth-order valence-electron chi connectivity index (χ4n) is 2.09. The summed E-state index contributed by atoms with van der Waals surface area (Å²) in [6.45, 7) is 2.84. The number of methoxy groups -OCH3 is 1. The molecule has 1 amide bonds. The molecular weight excluding hydrogens is 298 g/mol. The molecule has 0 radical (unpaired) electrons. The van der Waals surface area contributed by atoms with E-state index >= 15 is 0 Å². The number of ether oxygens (including phenoxy) is 1. The Morgan fingerprint density at radius 1 is 1.45 bits per heavy atom. The van der Waals surface area contributed by atoms with Crippen LogP contribution in [0.5, 0.6) is 5.75 Å². The van der Waals surface area contributed by atoms with Crippen molar-refractivity contribution in [3.63, 3.8) is 0 Å². The Morgan fingerprint density at radius 3 is 2.91 bits per heavy atom. The van der Waals surface area contributed by atoms with Crippen molar-refractivity contribution >= 4 is 17.2 Å². The smallest absolute Gasteiger partial charge is 0.234 e. The molecule has 1 aromatic carbocycles. The molecule has 0 saturated heterocycles. The lowest BCUT2D eigenvalue weighted by Crippen LogP contribution is -2.36. The van der Waals surface area contributed by atoms with Gasteiger partial charge in [0.25, 0.3) is 0 Å². The van der Waals surface area contributed by atoms with Crippen molar-refractivity contribution in [2.75, 3.05) is 20.7 Å². The molecule has 1 N–H and O–H groups in total. The summed E-state index contributed by atoms with van der Waals surface area (Å²) in [5.74, 6) is 0.768. The van der Waals surface area contributed by atoms with E-state index in [1.54, 1.807) is 24.6 Å². The Bertz CT molecular complexity index is 601. The maximum Gasteiger partial charge on any atom is 0.234 e. The molecule has 5 nitrogen and oxygen atoms in total. The first-order valence-electron chi connectivity index (χ1n) is 7.10. The number of nitrogens with one attached hydrogen (secondary N) is 1. The summed E-state index contributed by atoms with van der Waals surface area (Å²) in [5, 5.41) is 5.89. The van der Waals surface area contributed by atoms with Crippen LogP contribution in [0.4, 0.5) is 0 Å². The SMILES string of the molecule is COc1ccccc1CNC(=O)CN(C)[C@H](C)c1nccs1. The van der Waals surface area contributed by atoms with Gasteiger partial charge in [-0.05, 0) is 20.0 Å². The zero-order chi connectivity index (χ0) is 15.9. The molecule has 6 heteroatoms. The number of carbonyl (C=O) groups is 1. The van der Waals surface area contributed by atoms with Crippen LogP contribution in [0.25, 0.3) is 0 Å². The molecule has 0 aliphatic rings. The number of aromatic nitrogens is 1. The average molecular weight is 319 g/mol. The molecule has 0 aliphatic carbocycles. The molecule has 1 atom stereocenters. The van der Waals surface area contributed by atoms with Gasteiger partial charge in [0.15, 0.2) is 0 Å². The van der Waals surface area contributed by atoms with Crippen molar-refractivity contribution in [2.45, 2.75) is 19.5 Å². The lowest BCUT2D eigenvalue weighted by molar-refractivity contribution is -0.122. The normalized spacial score (nSPS) is 12.2. The number of rotatable bonds is 7. The maximum atomic E-state index is 12.1. The average Bonchev–Trinajstić information content (AvgIpc) is 3.06. The van der Waals surface area contributed by atoms with Gasteiger partial charge < -0.3 is 10.1 Å². The fraction of sp³-hybridized carbons (Fsp3) is 0.375. The van der Waals surface area contributed by atoms with Gasteiger partial charge in [-0.2, -0.15) is 0 Å². The minimum atomic E-state index is -0.0168. The van der Waals surface area contributed by atoms with Crippen LogP contribution in [0.15, 0.2) is 35.8 Å². The Balaban J connectivity index is 1.85. The molecule has 1 heterocycles. The molecule has 2 rings (SSSR count). The van der Waals surface area contributed by atoms with E-state index in [2.05, 4.69) is 10.3 Å². The topological polar surface area (TPSA) is 54.5 Å². The van der Waals surface area contributed by atoms with E-state index < -0.39 is 0 Å². The first-order valence-corrected chi connectivity index (χ1v) is 7.98. The Kier molecular flexibility index (Phi) is 5.91. The van der Waals surface area contributed by atoms with E-state index in [4.69, 9.17) is 4.74 Å². The van der Waals surface area contributed by atoms with Gasteiger partial charge in [0.05, 0.1) is 19.7 Å². The number of nitrogens with zero attached hydrogens (tertiary/aromatic N) is 2. The second kappa shape index (κ2) is 7.91. The van der Waals surface area contributed by atoms with Crippen molar-refractivity contribution < 1.29 is 9.53 Å². The predicted octanol–water partition coefficient (Wildman–Crippen LogP) is 2.46. The number of hydrogen-bond donors (Lipinski definition) is 1. The summed E-state index contributed by atoms with van der Waals surface area (Å²) in [4.78, 5) is 18.4. The van der Waals surface area contributed by atoms with Crippen LogP contribution in [0.2, 0.25) is 0 Å². The van der Waals surface area contributed by atoms with Gasteiger partial charge in [-0.25, -0.2) is 4.98 Å². The summed E-state index contributed by atoms with van der Waals surface area (Å²) in [6, 6.07) is 7.80. The summed E-state index contributed by atoms with van der Waals surface area (Å²) < 4.78 is 5.28. The zero-order valence-electron chi connectivity index (χ0n) is 13.1. The van der Waals surface area contributed by atoms with Crippen molar-refractivity contribution in [1.82, 2.24) is 15.2 Å². The highest BCUT2D eigenvalue weighted by Gasteiger charge is 2.16. The molecule has 22 heavy (non-hydrogen) atoms. The van der Waals surface area contributed by atoms with Crippen LogP contribution in [0, 0.1) is 0 Å². The Labute approximate surface area is 134 Å². The van der Waals surface area contributed by atoms with Crippen molar-refractivity contribution in [3.05, 3.63) is 46.4 Å². The first kappa shape index (κ1) is 16.5. The highest BCUT2D eigenvalue weighted by Crippen LogP contribution is 2.20. The molecule has 0 unspecified atom stereocenters.